The molecule has 2 N–H and O–H groups in total. The number of carbonyl (C=O) groups excluding carboxylic acids is 1. The van der Waals surface area contributed by atoms with Crippen LogP contribution in [0.3, 0.4) is 0 Å². The van der Waals surface area contributed by atoms with Gasteiger partial charge in [-0.05, 0) is 17.7 Å². The number of nitrogens with one attached hydrogen (secondary N) is 2. The number of pyridine rings is 1. The number of amides is 1. The first kappa shape index (κ1) is 15.6. The summed E-state index contributed by atoms with van der Waals surface area (Å²) in [5, 5.41) is 2.71. The van der Waals surface area contributed by atoms with Crippen molar-refractivity contribution in [3.8, 4) is 5.75 Å². The van der Waals surface area contributed by atoms with Gasteiger partial charge in [0.2, 0.25) is 5.43 Å². The third-order valence-corrected chi connectivity index (χ3v) is 3.39. The number of para-hydroxylation sites is 1. The molecule has 5 nitrogen and oxygen atoms in total. The predicted molar refractivity (Wildman–Crippen MR) is 92.2 cm³/mol. The highest BCUT2D eigenvalue weighted by molar-refractivity contribution is 6.02. The van der Waals surface area contributed by atoms with Crippen LogP contribution in [0.5, 0.6) is 5.75 Å². The molecule has 2 aromatic carbocycles. The van der Waals surface area contributed by atoms with Crippen LogP contribution in [-0.4, -0.2) is 10.9 Å². The number of ether oxygens (including phenoxy) is 1. The second-order valence-electron chi connectivity index (χ2n) is 5.17. The highest BCUT2D eigenvalue weighted by Crippen LogP contribution is 2.09. The lowest BCUT2D eigenvalue weighted by Crippen LogP contribution is -2.17. The molecule has 0 aliphatic rings. The number of anilines is 1. The fraction of sp³-hybridized carbons (Fsp3) is 0.0526. The van der Waals surface area contributed by atoms with E-state index in [2.05, 4.69) is 10.3 Å². The zero-order chi connectivity index (χ0) is 16.8. The number of hydrogen-bond donors (Lipinski definition) is 2. The van der Waals surface area contributed by atoms with E-state index in [4.69, 9.17) is 4.74 Å². The second kappa shape index (κ2) is 7.28. The van der Waals surface area contributed by atoms with Crippen LogP contribution < -0.4 is 15.5 Å². The minimum absolute atomic E-state index is 0.176. The van der Waals surface area contributed by atoms with Crippen LogP contribution in [0.2, 0.25) is 0 Å². The average molecular weight is 320 g/mol. The van der Waals surface area contributed by atoms with Gasteiger partial charge in [-0.2, -0.15) is 0 Å². The smallest absolute Gasteiger partial charge is 0.272 e. The van der Waals surface area contributed by atoms with Crippen LogP contribution in [0.1, 0.15) is 16.1 Å². The summed E-state index contributed by atoms with van der Waals surface area (Å²) in [6.45, 7) is 0.291. The molecule has 0 atom stereocenters. The van der Waals surface area contributed by atoms with E-state index < -0.39 is 0 Å². The molecule has 0 saturated carbocycles. The van der Waals surface area contributed by atoms with Crippen LogP contribution in [-0.2, 0) is 6.61 Å². The van der Waals surface area contributed by atoms with Crippen LogP contribution in [0.15, 0.2) is 77.7 Å². The summed E-state index contributed by atoms with van der Waals surface area (Å²) >= 11 is 0. The number of benzene rings is 2. The van der Waals surface area contributed by atoms with E-state index in [1.807, 2.05) is 48.5 Å². The van der Waals surface area contributed by atoms with Gasteiger partial charge in [0, 0.05) is 18.0 Å². The Kier molecular flexibility index (Phi) is 4.72. The Bertz CT molecular complexity index is 874. The third-order valence-electron chi connectivity index (χ3n) is 3.39. The van der Waals surface area contributed by atoms with Gasteiger partial charge in [-0.15, -0.1) is 0 Å². The highest BCUT2D eigenvalue weighted by atomic mass is 16.5. The fourth-order valence-electron chi connectivity index (χ4n) is 2.16. The van der Waals surface area contributed by atoms with Gasteiger partial charge in [-0.1, -0.05) is 48.5 Å². The number of rotatable bonds is 5. The van der Waals surface area contributed by atoms with Gasteiger partial charge in [-0.25, -0.2) is 0 Å². The first-order chi connectivity index (χ1) is 11.7. The Morgan fingerprint density at radius 1 is 1.00 bits per heavy atom. The molecule has 0 saturated heterocycles. The summed E-state index contributed by atoms with van der Waals surface area (Å²) in [5.74, 6) is -0.206. The zero-order valence-electron chi connectivity index (χ0n) is 12.9. The number of carbonyl (C=O) groups is 1. The van der Waals surface area contributed by atoms with Crippen LogP contribution in [0.25, 0.3) is 0 Å². The number of H-pyrrole nitrogens is 1. The Hall–Kier alpha value is -3.34. The van der Waals surface area contributed by atoms with Crippen LogP contribution in [0.4, 0.5) is 5.69 Å². The summed E-state index contributed by atoms with van der Waals surface area (Å²) in [7, 11) is 0. The quantitative estimate of drug-likeness (QED) is 0.758. The maximum Gasteiger partial charge on any atom is 0.272 e. The predicted octanol–water partition coefficient (Wildman–Crippen LogP) is 3.21. The molecular weight excluding hydrogens is 304 g/mol. The number of aromatic nitrogens is 1. The van der Waals surface area contributed by atoms with Crippen molar-refractivity contribution in [2.45, 2.75) is 6.61 Å². The van der Waals surface area contributed by atoms with Crippen molar-refractivity contribution in [2.75, 3.05) is 5.32 Å². The first-order valence-electron chi connectivity index (χ1n) is 7.48. The lowest BCUT2D eigenvalue weighted by atomic mass is 10.2. The second-order valence-corrected chi connectivity index (χ2v) is 5.17. The molecule has 120 valence electrons. The zero-order valence-corrected chi connectivity index (χ0v) is 12.9. The van der Waals surface area contributed by atoms with E-state index in [1.165, 1.54) is 12.3 Å². The highest BCUT2D eigenvalue weighted by Gasteiger charge is 2.10. The van der Waals surface area contributed by atoms with Gasteiger partial charge in [0.15, 0.2) is 5.75 Å². The van der Waals surface area contributed by atoms with Crippen molar-refractivity contribution in [2.24, 2.45) is 0 Å². The lowest BCUT2D eigenvalue weighted by molar-refractivity contribution is 0.102. The molecule has 0 fully saturated rings. The third kappa shape index (κ3) is 3.89. The van der Waals surface area contributed by atoms with Gasteiger partial charge < -0.3 is 15.0 Å². The number of aromatic amines is 1. The van der Waals surface area contributed by atoms with Crippen molar-refractivity contribution in [3.05, 3.63) is 94.4 Å². The lowest BCUT2D eigenvalue weighted by Gasteiger charge is -2.07. The summed E-state index contributed by atoms with van der Waals surface area (Å²) in [6, 6.07) is 19.8. The van der Waals surface area contributed by atoms with Gasteiger partial charge in [0.25, 0.3) is 5.91 Å². The summed E-state index contributed by atoms with van der Waals surface area (Å²) in [4.78, 5) is 27.0. The molecule has 0 unspecified atom stereocenters. The molecule has 5 heteroatoms. The molecular formula is C19H16N2O3. The monoisotopic (exact) mass is 320 g/mol. The van der Waals surface area contributed by atoms with E-state index in [-0.39, 0.29) is 22.8 Å². The molecule has 1 heterocycles. The Morgan fingerprint density at radius 3 is 2.33 bits per heavy atom. The van der Waals surface area contributed by atoms with E-state index in [0.717, 1.165) is 5.56 Å². The Labute approximate surface area is 138 Å². The molecule has 0 aliphatic heterocycles. The Morgan fingerprint density at radius 2 is 1.67 bits per heavy atom. The largest absolute Gasteiger partial charge is 0.483 e. The summed E-state index contributed by atoms with van der Waals surface area (Å²) in [5.41, 5.74) is 1.45. The molecule has 0 bridgehead atoms. The van der Waals surface area contributed by atoms with Gasteiger partial charge in [0.05, 0.1) is 0 Å². The van der Waals surface area contributed by atoms with Crippen LogP contribution in [0, 0.1) is 0 Å². The van der Waals surface area contributed by atoms with Crippen molar-refractivity contribution in [3.63, 3.8) is 0 Å². The Balaban J connectivity index is 1.68. The average Bonchev–Trinajstić information content (AvgIpc) is 2.62. The topological polar surface area (TPSA) is 71.2 Å². The molecule has 3 rings (SSSR count). The number of hydrogen-bond acceptors (Lipinski definition) is 3. The molecule has 0 aliphatic carbocycles. The van der Waals surface area contributed by atoms with Crippen LogP contribution >= 0.6 is 0 Å². The molecule has 0 spiro atoms. The summed E-state index contributed by atoms with van der Waals surface area (Å²) in [6.07, 6.45) is 1.41. The molecule has 1 aromatic heterocycles. The van der Waals surface area contributed by atoms with E-state index >= 15 is 0 Å². The normalized spacial score (nSPS) is 10.2. The maximum absolute atomic E-state index is 12.1. The van der Waals surface area contributed by atoms with Gasteiger partial charge in [0.1, 0.15) is 12.3 Å². The minimum atomic E-state index is -0.382. The van der Waals surface area contributed by atoms with Gasteiger partial charge in [-0.3, -0.25) is 9.59 Å². The standard InChI is InChI=1S/C19H16N2O3/c22-17-11-16(19(23)21-15-9-5-2-6-10-15)20-12-18(17)24-13-14-7-3-1-4-8-14/h1-12H,13H2,(H,20,22)(H,21,23). The molecule has 0 radical (unpaired) electrons. The van der Waals surface area contributed by atoms with Crippen molar-refractivity contribution >= 4 is 11.6 Å². The van der Waals surface area contributed by atoms with E-state index in [9.17, 15) is 9.59 Å². The van der Waals surface area contributed by atoms with Crippen molar-refractivity contribution in [1.29, 1.82) is 0 Å². The van der Waals surface area contributed by atoms with E-state index in [0.29, 0.717) is 12.3 Å². The fourth-order valence-corrected chi connectivity index (χ4v) is 2.16. The minimum Gasteiger partial charge on any atom is -0.483 e. The maximum atomic E-state index is 12.1. The summed E-state index contributed by atoms with van der Waals surface area (Å²) < 4.78 is 5.50. The van der Waals surface area contributed by atoms with E-state index in [1.54, 1.807) is 12.1 Å². The van der Waals surface area contributed by atoms with Crippen molar-refractivity contribution < 1.29 is 9.53 Å². The molecule has 3 aromatic rings. The van der Waals surface area contributed by atoms with Gasteiger partial charge >= 0.3 is 0 Å². The SMILES string of the molecule is O=C(Nc1ccccc1)c1cc(=O)c(OCc2ccccc2)c[nH]1. The van der Waals surface area contributed by atoms with Crippen molar-refractivity contribution in [1.82, 2.24) is 4.98 Å². The molecule has 24 heavy (non-hydrogen) atoms. The molecule has 1 amide bonds. The first-order valence-corrected chi connectivity index (χ1v) is 7.48.